The molecular formula is C17H26N2O2. The second-order valence-corrected chi connectivity index (χ2v) is 5.82. The first-order valence-electron chi connectivity index (χ1n) is 7.81. The van der Waals surface area contributed by atoms with Crippen molar-refractivity contribution in [1.29, 1.82) is 0 Å². The Morgan fingerprint density at radius 3 is 2.95 bits per heavy atom. The van der Waals surface area contributed by atoms with Crippen LogP contribution in [-0.4, -0.2) is 31.0 Å². The van der Waals surface area contributed by atoms with E-state index in [4.69, 9.17) is 10.5 Å². The lowest BCUT2D eigenvalue weighted by molar-refractivity contribution is -0.130. The van der Waals surface area contributed by atoms with Crippen molar-refractivity contribution in [3.05, 3.63) is 29.8 Å². The molecule has 21 heavy (non-hydrogen) atoms. The molecule has 1 fully saturated rings. The van der Waals surface area contributed by atoms with E-state index in [9.17, 15) is 4.79 Å². The smallest absolute Gasteiger partial charge is 0.222 e. The summed E-state index contributed by atoms with van der Waals surface area (Å²) in [5.41, 5.74) is 7.29. The van der Waals surface area contributed by atoms with E-state index in [1.165, 1.54) is 0 Å². The van der Waals surface area contributed by atoms with Gasteiger partial charge in [-0.15, -0.1) is 0 Å². The minimum absolute atomic E-state index is 0.165. The summed E-state index contributed by atoms with van der Waals surface area (Å²) < 4.78 is 5.23. The number of hydrogen-bond acceptors (Lipinski definition) is 3. The van der Waals surface area contributed by atoms with Crippen molar-refractivity contribution in [3.8, 4) is 5.75 Å². The Bertz CT molecular complexity index is 476. The Hall–Kier alpha value is -1.55. The topological polar surface area (TPSA) is 55.6 Å². The summed E-state index contributed by atoms with van der Waals surface area (Å²) in [5.74, 6) is 1.72. The first-order valence-corrected chi connectivity index (χ1v) is 7.81. The summed E-state index contributed by atoms with van der Waals surface area (Å²) in [6, 6.07) is 7.61. The van der Waals surface area contributed by atoms with Gasteiger partial charge in [0, 0.05) is 25.6 Å². The number of carbonyl (C=O) groups excluding carboxylic acids is 1. The molecule has 0 spiro atoms. The standard InChI is InChI=1S/C17H26N2O2/c1-3-13-7-8-17(20)19(10-9-13)12-16(18)14-5-4-6-15(11-14)21-2/h4-6,11,13,16H,3,7-10,12,18H2,1-2H3. The molecule has 2 N–H and O–H groups in total. The second kappa shape index (κ2) is 7.46. The van der Waals surface area contributed by atoms with E-state index in [1.807, 2.05) is 29.2 Å². The molecule has 2 atom stereocenters. The molecule has 4 nitrogen and oxygen atoms in total. The zero-order valence-electron chi connectivity index (χ0n) is 13.0. The molecule has 0 bridgehead atoms. The molecule has 4 heteroatoms. The number of nitrogens with two attached hydrogens (primary N) is 1. The van der Waals surface area contributed by atoms with Crippen LogP contribution in [0.15, 0.2) is 24.3 Å². The highest BCUT2D eigenvalue weighted by atomic mass is 16.5. The normalized spacial score (nSPS) is 21.0. The highest BCUT2D eigenvalue weighted by Crippen LogP contribution is 2.23. The third-order valence-electron chi connectivity index (χ3n) is 4.44. The second-order valence-electron chi connectivity index (χ2n) is 5.82. The molecule has 1 aromatic carbocycles. The Kier molecular flexibility index (Phi) is 5.62. The number of hydrogen-bond donors (Lipinski definition) is 1. The van der Waals surface area contributed by atoms with Gasteiger partial charge in [-0.2, -0.15) is 0 Å². The van der Waals surface area contributed by atoms with Crippen molar-refractivity contribution >= 4 is 5.91 Å². The van der Waals surface area contributed by atoms with Gasteiger partial charge in [-0.05, 0) is 36.5 Å². The fraction of sp³-hybridized carbons (Fsp3) is 0.588. The number of ether oxygens (including phenoxy) is 1. The van der Waals surface area contributed by atoms with Gasteiger partial charge in [0.2, 0.25) is 5.91 Å². The molecule has 1 amide bonds. The van der Waals surface area contributed by atoms with Gasteiger partial charge in [0.1, 0.15) is 5.75 Å². The molecule has 0 saturated carbocycles. The zero-order valence-corrected chi connectivity index (χ0v) is 13.0. The van der Waals surface area contributed by atoms with Crippen LogP contribution >= 0.6 is 0 Å². The van der Waals surface area contributed by atoms with Gasteiger partial charge >= 0.3 is 0 Å². The lowest BCUT2D eigenvalue weighted by Crippen LogP contribution is -2.36. The highest BCUT2D eigenvalue weighted by molar-refractivity contribution is 5.76. The zero-order chi connectivity index (χ0) is 15.2. The highest BCUT2D eigenvalue weighted by Gasteiger charge is 2.23. The van der Waals surface area contributed by atoms with Crippen molar-refractivity contribution in [2.75, 3.05) is 20.2 Å². The number of carbonyl (C=O) groups is 1. The molecule has 0 radical (unpaired) electrons. The van der Waals surface area contributed by atoms with E-state index in [1.54, 1.807) is 7.11 Å². The Morgan fingerprint density at radius 2 is 2.24 bits per heavy atom. The third-order valence-corrected chi connectivity index (χ3v) is 4.44. The summed E-state index contributed by atoms with van der Waals surface area (Å²) in [7, 11) is 1.65. The van der Waals surface area contributed by atoms with Crippen molar-refractivity contribution in [3.63, 3.8) is 0 Å². The number of methoxy groups -OCH3 is 1. The molecule has 0 aliphatic carbocycles. The van der Waals surface area contributed by atoms with E-state index in [-0.39, 0.29) is 11.9 Å². The predicted molar refractivity (Wildman–Crippen MR) is 84.1 cm³/mol. The summed E-state index contributed by atoms with van der Waals surface area (Å²) >= 11 is 0. The van der Waals surface area contributed by atoms with E-state index in [0.717, 1.165) is 37.1 Å². The van der Waals surface area contributed by atoms with Crippen LogP contribution < -0.4 is 10.5 Å². The number of rotatable bonds is 5. The molecule has 1 saturated heterocycles. The third kappa shape index (κ3) is 4.21. The van der Waals surface area contributed by atoms with E-state index >= 15 is 0 Å². The van der Waals surface area contributed by atoms with Gasteiger partial charge < -0.3 is 15.4 Å². The van der Waals surface area contributed by atoms with Gasteiger partial charge in [-0.1, -0.05) is 25.5 Å². The quantitative estimate of drug-likeness (QED) is 0.907. The van der Waals surface area contributed by atoms with Gasteiger partial charge in [0.05, 0.1) is 7.11 Å². The van der Waals surface area contributed by atoms with Gasteiger partial charge in [0.25, 0.3) is 0 Å². The minimum Gasteiger partial charge on any atom is -0.497 e. The van der Waals surface area contributed by atoms with E-state index in [0.29, 0.717) is 18.9 Å². The minimum atomic E-state index is -0.165. The van der Waals surface area contributed by atoms with Crippen molar-refractivity contribution in [2.45, 2.75) is 38.6 Å². The molecule has 1 aromatic rings. The molecule has 1 aliphatic rings. The Balaban J connectivity index is 2.00. The summed E-state index contributed by atoms with van der Waals surface area (Å²) in [5, 5.41) is 0. The molecule has 2 rings (SSSR count). The van der Waals surface area contributed by atoms with Crippen molar-refractivity contribution in [1.82, 2.24) is 4.90 Å². The average Bonchev–Trinajstić information content (AvgIpc) is 2.69. The molecular weight excluding hydrogens is 264 g/mol. The summed E-state index contributed by atoms with van der Waals surface area (Å²) in [6.07, 6.45) is 3.92. The van der Waals surface area contributed by atoms with Crippen LogP contribution in [0.5, 0.6) is 5.75 Å². The number of nitrogens with zero attached hydrogens (tertiary/aromatic N) is 1. The van der Waals surface area contributed by atoms with Crippen LogP contribution in [0.25, 0.3) is 0 Å². The van der Waals surface area contributed by atoms with Crippen LogP contribution in [0.3, 0.4) is 0 Å². The van der Waals surface area contributed by atoms with Crippen LogP contribution in [0.4, 0.5) is 0 Å². The Morgan fingerprint density at radius 1 is 1.43 bits per heavy atom. The lowest BCUT2D eigenvalue weighted by Gasteiger charge is -2.25. The van der Waals surface area contributed by atoms with Crippen LogP contribution in [0, 0.1) is 5.92 Å². The molecule has 0 aromatic heterocycles. The largest absolute Gasteiger partial charge is 0.497 e. The summed E-state index contributed by atoms with van der Waals surface area (Å²) in [6.45, 7) is 3.62. The Labute approximate surface area is 127 Å². The first-order chi connectivity index (χ1) is 10.1. The molecule has 1 aliphatic heterocycles. The van der Waals surface area contributed by atoms with Crippen molar-refractivity contribution in [2.24, 2.45) is 11.7 Å². The van der Waals surface area contributed by atoms with Crippen LogP contribution in [0.2, 0.25) is 0 Å². The van der Waals surface area contributed by atoms with Crippen LogP contribution in [0.1, 0.15) is 44.2 Å². The maximum atomic E-state index is 12.2. The molecule has 1 heterocycles. The first kappa shape index (κ1) is 15.8. The van der Waals surface area contributed by atoms with E-state index < -0.39 is 0 Å². The molecule has 116 valence electrons. The number of benzene rings is 1. The molecule has 2 unspecified atom stereocenters. The maximum Gasteiger partial charge on any atom is 0.222 e. The van der Waals surface area contributed by atoms with Crippen molar-refractivity contribution < 1.29 is 9.53 Å². The number of likely N-dealkylation sites (tertiary alicyclic amines) is 1. The van der Waals surface area contributed by atoms with Gasteiger partial charge in [-0.3, -0.25) is 4.79 Å². The van der Waals surface area contributed by atoms with Gasteiger partial charge in [0.15, 0.2) is 0 Å². The van der Waals surface area contributed by atoms with E-state index in [2.05, 4.69) is 6.92 Å². The lowest BCUT2D eigenvalue weighted by atomic mass is 9.98. The maximum absolute atomic E-state index is 12.2. The fourth-order valence-corrected chi connectivity index (χ4v) is 2.91. The average molecular weight is 290 g/mol. The SMILES string of the molecule is CCC1CCC(=O)N(CC(N)c2cccc(OC)c2)CC1. The fourth-order valence-electron chi connectivity index (χ4n) is 2.91. The summed E-state index contributed by atoms with van der Waals surface area (Å²) in [4.78, 5) is 14.1. The van der Waals surface area contributed by atoms with Gasteiger partial charge in [-0.25, -0.2) is 0 Å². The predicted octanol–water partition coefficient (Wildman–Crippen LogP) is 2.73. The monoisotopic (exact) mass is 290 g/mol. The van der Waals surface area contributed by atoms with Crippen LogP contribution in [-0.2, 0) is 4.79 Å². The number of amides is 1.